The van der Waals surface area contributed by atoms with E-state index in [2.05, 4.69) is 15.3 Å². The monoisotopic (exact) mass is 609 g/mol. The summed E-state index contributed by atoms with van der Waals surface area (Å²) in [7, 11) is 1.74. The van der Waals surface area contributed by atoms with Crippen LogP contribution in [0.2, 0.25) is 5.02 Å². The summed E-state index contributed by atoms with van der Waals surface area (Å²) in [6.07, 6.45) is 2.60. The largest absolute Gasteiger partial charge is 0.349 e. The van der Waals surface area contributed by atoms with Crippen molar-refractivity contribution < 1.29 is 18.4 Å². The fourth-order valence-corrected chi connectivity index (χ4v) is 6.16. The second kappa shape index (κ2) is 11.8. The topological polar surface area (TPSA) is 105 Å². The lowest BCUT2D eigenvalue weighted by atomic mass is 9.85. The lowest BCUT2D eigenvalue weighted by molar-refractivity contribution is 0.0904. The zero-order valence-corrected chi connectivity index (χ0v) is 24.2. The highest BCUT2D eigenvalue weighted by atomic mass is 35.5. The number of carbonyl (C=O) groups excluding carboxylic acids is 2. The van der Waals surface area contributed by atoms with E-state index < -0.39 is 18.0 Å². The van der Waals surface area contributed by atoms with Gasteiger partial charge in [-0.05, 0) is 55.9 Å². The van der Waals surface area contributed by atoms with Gasteiger partial charge in [0.25, 0.3) is 12.3 Å². The highest BCUT2D eigenvalue weighted by Gasteiger charge is 2.29. The molecule has 2 fully saturated rings. The Balaban J connectivity index is 1.19. The van der Waals surface area contributed by atoms with Gasteiger partial charge in [0, 0.05) is 51.2 Å². The van der Waals surface area contributed by atoms with Crippen LogP contribution in [0.5, 0.6) is 0 Å². The Bertz CT molecular complexity index is 1750. The number of rotatable bonds is 7. The predicted octanol–water partition coefficient (Wildman–Crippen LogP) is 5.03. The number of imidazole rings is 1. The SMILES string of the molecule is CN1CCN(c2cc(-n3c(=O)n(C[C@H]4CC[C@H](NC(=O)c5cc(Cl)cnc5C(F)F)CC4)c4ccccc43)ccn2)C1=O. The molecule has 13 heteroatoms. The molecule has 4 aromatic rings. The molecule has 0 atom stereocenters. The summed E-state index contributed by atoms with van der Waals surface area (Å²) in [5.74, 6) is 0.0533. The molecular weight excluding hydrogens is 580 g/mol. The van der Waals surface area contributed by atoms with Crippen molar-refractivity contribution in [1.29, 1.82) is 0 Å². The van der Waals surface area contributed by atoms with Gasteiger partial charge in [-0.2, -0.15) is 0 Å². The minimum atomic E-state index is -2.89. The molecular formula is C30H30ClF2N7O3. The number of fused-ring (bicyclic) bond motifs is 1. The van der Waals surface area contributed by atoms with Gasteiger partial charge in [-0.3, -0.25) is 23.8 Å². The molecule has 0 bridgehead atoms. The molecule has 10 nitrogen and oxygen atoms in total. The lowest BCUT2D eigenvalue weighted by Gasteiger charge is -2.29. The van der Waals surface area contributed by atoms with Crippen LogP contribution in [0.15, 0.2) is 59.7 Å². The van der Waals surface area contributed by atoms with Gasteiger partial charge < -0.3 is 10.2 Å². The summed E-state index contributed by atoms with van der Waals surface area (Å²) < 4.78 is 30.2. The van der Waals surface area contributed by atoms with Crippen LogP contribution in [0.25, 0.3) is 16.7 Å². The molecule has 6 rings (SSSR count). The minimum Gasteiger partial charge on any atom is -0.349 e. The van der Waals surface area contributed by atoms with Crippen molar-refractivity contribution >= 4 is 40.4 Å². The highest BCUT2D eigenvalue weighted by Crippen LogP contribution is 2.29. The Morgan fingerprint density at radius 3 is 2.49 bits per heavy atom. The molecule has 2 aliphatic rings. The summed E-state index contributed by atoms with van der Waals surface area (Å²) >= 11 is 5.91. The fraction of sp³-hybridized carbons (Fsp3) is 0.367. The van der Waals surface area contributed by atoms with Gasteiger partial charge in [0.05, 0.1) is 27.3 Å². The molecule has 0 radical (unpaired) electrons. The molecule has 1 aliphatic carbocycles. The first-order valence-corrected chi connectivity index (χ1v) is 14.5. The standard InChI is InChI=1S/C30H30ClF2N7O3/c1-37-12-13-38(29(37)42)25-15-21(10-11-34-25)40-24-5-3-2-4-23(24)39(30(40)43)17-18-6-8-20(9-7-18)36-28(41)22-14-19(31)16-35-26(22)27(32)33/h2-5,10-11,14-16,18,20,27H,6-9,12-13,17H2,1H3,(H,36,41)/t18-,20-. The van der Waals surface area contributed by atoms with Gasteiger partial charge in [-0.15, -0.1) is 0 Å². The first-order valence-electron chi connectivity index (χ1n) is 14.1. The van der Waals surface area contributed by atoms with Crippen LogP contribution in [0, 0.1) is 5.92 Å². The molecule has 224 valence electrons. The van der Waals surface area contributed by atoms with Crippen LogP contribution in [0.1, 0.15) is 48.2 Å². The van der Waals surface area contributed by atoms with E-state index in [0.717, 1.165) is 30.1 Å². The number of hydrogen-bond donors (Lipinski definition) is 1. The van der Waals surface area contributed by atoms with E-state index in [-0.39, 0.29) is 34.3 Å². The maximum atomic E-state index is 13.9. The highest BCUT2D eigenvalue weighted by molar-refractivity contribution is 6.30. The van der Waals surface area contributed by atoms with Crippen LogP contribution in [-0.4, -0.2) is 62.1 Å². The van der Waals surface area contributed by atoms with Crippen molar-refractivity contribution in [2.24, 2.45) is 5.92 Å². The maximum Gasteiger partial charge on any atom is 0.333 e. The van der Waals surface area contributed by atoms with Crippen LogP contribution in [0.3, 0.4) is 0 Å². The van der Waals surface area contributed by atoms with E-state index in [0.29, 0.717) is 44.0 Å². The van der Waals surface area contributed by atoms with Crippen LogP contribution in [-0.2, 0) is 6.54 Å². The number of alkyl halides is 2. The molecule has 1 aliphatic heterocycles. The number of aromatic nitrogens is 4. The molecule has 1 aromatic carbocycles. The number of nitrogens with zero attached hydrogens (tertiary/aromatic N) is 6. The number of nitrogens with one attached hydrogen (secondary N) is 1. The molecule has 1 saturated heterocycles. The van der Waals surface area contributed by atoms with Crippen molar-refractivity contribution in [1.82, 2.24) is 29.3 Å². The van der Waals surface area contributed by atoms with E-state index in [1.54, 1.807) is 44.3 Å². The van der Waals surface area contributed by atoms with Crippen LogP contribution >= 0.6 is 11.6 Å². The normalized spacial score (nSPS) is 19.0. The lowest BCUT2D eigenvalue weighted by Crippen LogP contribution is -2.39. The second-order valence-corrected chi connectivity index (χ2v) is 11.5. The number of anilines is 1. The average molecular weight is 610 g/mol. The maximum absolute atomic E-state index is 13.9. The Kier molecular flexibility index (Phi) is 7.87. The van der Waals surface area contributed by atoms with E-state index >= 15 is 0 Å². The van der Waals surface area contributed by atoms with Crippen LogP contribution < -0.4 is 15.9 Å². The number of likely N-dealkylation sites (N-methyl/N-ethyl adjacent to an activating group) is 1. The van der Waals surface area contributed by atoms with E-state index in [9.17, 15) is 23.2 Å². The van der Waals surface area contributed by atoms with Gasteiger partial charge in [-0.25, -0.2) is 23.4 Å². The number of pyridine rings is 2. The third-order valence-corrected chi connectivity index (χ3v) is 8.48. The Labute approximate surface area is 250 Å². The van der Waals surface area contributed by atoms with E-state index in [4.69, 9.17) is 11.6 Å². The van der Waals surface area contributed by atoms with Gasteiger partial charge in [0.2, 0.25) is 0 Å². The van der Waals surface area contributed by atoms with Gasteiger partial charge in [-0.1, -0.05) is 23.7 Å². The molecule has 3 amide bonds. The molecule has 4 heterocycles. The number of urea groups is 1. The number of para-hydroxylation sites is 2. The van der Waals surface area contributed by atoms with Gasteiger partial charge in [0.15, 0.2) is 0 Å². The zero-order valence-electron chi connectivity index (χ0n) is 23.4. The molecule has 1 N–H and O–H groups in total. The molecule has 0 unspecified atom stereocenters. The Morgan fingerprint density at radius 1 is 1.05 bits per heavy atom. The molecule has 3 aromatic heterocycles. The smallest absolute Gasteiger partial charge is 0.333 e. The molecule has 1 saturated carbocycles. The Hall–Kier alpha value is -4.32. The first-order chi connectivity index (χ1) is 20.7. The molecule has 43 heavy (non-hydrogen) atoms. The predicted molar refractivity (Wildman–Crippen MR) is 158 cm³/mol. The fourth-order valence-electron chi connectivity index (χ4n) is 6.00. The van der Waals surface area contributed by atoms with E-state index in [1.165, 1.54) is 6.07 Å². The summed E-state index contributed by atoms with van der Waals surface area (Å²) in [6.45, 7) is 1.62. The van der Waals surface area contributed by atoms with Crippen molar-refractivity contribution in [3.8, 4) is 5.69 Å². The second-order valence-electron chi connectivity index (χ2n) is 11.0. The van der Waals surface area contributed by atoms with Gasteiger partial charge >= 0.3 is 11.7 Å². The van der Waals surface area contributed by atoms with Crippen LogP contribution in [0.4, 0.5) is 19.4 Å². The molecule has 0 spiro atoms. The third kappa shape index (κ3) is 5.58. The average Bonchev–Trinajstić information content (AvgIpc) is 3.48. The quantitative estimate of drug-likeness (QED) is 0.316. The van der Waals surface area contributed by atoms with Crippen molar-refractivity contribution in [2.45, 2.75) is 44.7 Å². The summed E-state index contributed by atoms with van der Waals surface area (Å²) in [5, 5.41) is 2.98. The summed E-state index contributed by atoms with van der Waals surface area (Å²) in [6, 6.07) is 12.0. The van der Waals surface area contributed by atoms with E-state index in [1.807, 2.05) is 24.3 Å². The summed E-state index contributed by atoms with van der Waals surface area (Å²) in [5.41, 5.74) is 1.17. The van der Waals surface area contributed by atoms with Crippen molar-refractivity contribution in [3.63, 3.8) is 0 Å². The number of benzene rings is 1. The number of carbonyl (C=O) groups is 2. The number of amides is 3. The minimum absolute atomic E-state index is 0.114. The summed E-state index contributed by atoms with van der Waals surface area (Å²) in [4.78, 5) is 50.5. The van der Waals surface area contributed by atoms with Crippen molar-refractivity contribution in [3.05, 3.63) is 81.6 Å². The van der Waals surface area contributed by atoms with Gasteiger partial charge in [0.1, 0.15) is 11.5 Å². The van der Waals surface area contributed by atoms with Crippen molar-refractivity contribution in [2.75, 3.05) is 25.0 Å². The Morgan fingerprint density at radius 2 is 1.79 bits per heavy atom. The third-order valence-electron chi connectivity index (χ3n) is 8.28. The number of halogens is 3. The first kappa shape index (κ1) is 28.8. The zero-order chi connectivity index (χ0) is 30.2. The number of hydrogen-bond acceptors (Lipinski definition) is 5.